The van der Waals surface area contributed by atoms with E-state index < -0.39 is 0 Å². The molecule has 1 heteroatoms. The highest BCUT2D eigenvalue weighted by atomic mass is 16.7. The monoisotopic (exact) mass is 355 g/mol. The lowest BCUT2D eigenvalue weighted by atomic mass is 10.0. The standard InChI is InChI=1S/C24H51O/c1-4-7-10-11-12-13-14-15-16-17-18-19-20-21-24-25(22-8-5-2)23-9-6-3/h4-24H2,1-3H3/q+1. The van der Waals surface area contributed by atoms with Gasteiger partial charge in [-0.1, -0.05) is 97.8 Å². The normalized spacial score (nSPS) is 11.5. The van der Waals surface area contributed by atoms with Gasteiger partial charge in [0.2, 0.25) is 0 Å². The Morgan fingerprint density at radius 1 is 0.320 bits per heavy atom. The summed E-state index contributed by atoms with van der Waals surface area (Å²) in [4.78, 5) is 0. The van der Waals surface area contributed by atoms with Crippen LogP contribution in [0.25, 0.3) is 0 Å². The molecule has 0 aliphatic rings. The highest BCUT2D eigenvalue weighted by molar-refractivity contribution is 4.51. The quantitative estimate of drug-likeness (QED) is 0.143. The molecule has 152 valence electrons. The van der Waals surface area contributed by atoms with Gasteiger partial charge in [-0.15, -0.1) is 0 Å². The third kappa shape index (κ3) is 20.1. The summed E-state index contributed by atoms with van der Waals surface area (Å²) in [5.74, 6) is 0. The molecule has 0 atom stereocenters. The largest absolute Gasteiger partial charge is 0.422 e. The first kappa shape index (κ1) is 25.0. The minimum Gasteiger partial charge on any atom is -0.422 e. The molecule has 0 heterocycles. The van der Waals surface area contributed by atoms with E-state index in [1.165, 1.54) is 135 Å². The van der Waals surface area contributed by atoms with Crippen molar-refractivity contribution in [1.82, 2.24) is 0 Å². The molecule has 1 nitrogen and oxygen atoms in total. The van der Waals surface area contributed by atoms with Gasteiger partial charge in [-0.25, -0.2) is 0 Å². The smallest absolute Gasteiger partial charge is 0.145 e. The first-order valence-corrected chi connectivity index (χ1v) is 12.0. The lowest BCUT2D eigenvalue weighted by molar-refractivity contribution is -0.143. The molecular formula is C24H51O+. The zero-order chi connectivity index (χ0) is 18.4. The minimum absolute atomic E-state index is 1.24. The van der Waals surface area contributed by atoms with E-state index in [0.717, 1.165) is 0 Å². The first-order chi connectivity index (χ1) is 12.3. The van der Waals surface area contributed by atoms with Gasteiger partial charge in [0.1, 0.15) is 19.8 Å². The summed E-state index contributed by atoms with van der Waals surface area (Å²) in [7, 11) is 0. The van der Waals surface area contributed by atoms with E-state index in [1.54, 1.807) is 0 Å². The zero-order valence-corrected chi connectivity index (χ0v) is 18.3. The molecule has 0 rings (SSSR count). The lowest BCUT2D eigenvalue weighted by Crippen LogP contribution is -2.18. The topological polar surface area (TPSA) is 2.70 Å². The Balaban J connectivity index is 3.27. The van der Waals surface area contributed by atoms with Crippen molar-refractivity contribution in [1.29, 1.82) is 0 Å². The average Bonchev–Trinajstić information content (AvgIpc) is 2.63. The second-order valence-corrected chi connectivity index (χ2v) is 8.03. The Hall–Kier alpha value is -0.0400. The third-order valence-electron chi connectivity index (χ3n) is 5.36. The fraction of sp³-hybridized carbons (Fsp3) is 1.00. The number of rotatable bonds is 21. The molecule has 0 N–H and O–H groups in total. The van der Waals surface area contributed by atoms with Crippen LogP contribution in [0.1, 0.15) is 136 Å². The van der Waals surface area contributed by atoms with Crippen molar-refractivity contribution in [3.05, 3.63) is 0 Å². The van der Waals surface area contributed by atoms with E-state index in [2.05, 4.69) is 25.1 Å². The van der Waals surface area contributed by atoms with Crippen LogP contribution in [0.3, 0.4) is 0 Å². The van der Waals surface area contributed by atoms with Gasteiger partial charge in [0.15, 0.2) is 0 Å². The molecule has 25 heavy (non-hydrogen) atoms. The Morgan fingerprint density at radius 2 is 0.600 bits per heavy atom. The van der Waals surface area contributed by atoms with Crippen LogP contribution in [0, 0.1) is 0 Å². The van der Waals surface area contributed by atoms with Crippen molar-refractivity contribution in [3.8, 4) is 0 Å². The van der Waals surface area contributed by atoms with Gasteiger partial charge in [-0.05, 0) is 19.3 Å². The van der Waals surface area contributed by atoms with Crippen molar-refractivity contribution < 1.29 is 4.37 Å². The molecule has 0 radical (unpaired) electrons. The minimum atomic E-state index is 1.24. The van der Waals surface area contributed by atoms with E-state index in [0.29, 0.717) is 0 Å². The fourth-order valence-corrected chi connectivity index (χ4v) is 3.50. The lowest BCUT2D eigenvalue weighted by Gasteiger charge is -2.19. The van der Waals surface area contributed by atoms with Crippen LogP contribution in [0.4, 0.5) is 0 Å². The van der Waals surface area contributed by atoms with E-state index in [9.17, 15) is 0 Å². The highest BCUT2D eigenvalue weighted by Crippen LogP contribution is 2.14. The molecule has 0 aromatic carbocycles. The van der Waals surface area contributed by atoms with E-state index in [-0.39, 0.29) is 0 Å². The summed E-state index contributed by atoms with van der Waals surface area (Å²) < 4.78 is 3.55. The molecule has 0 bridgehead atoms. The Labute approximate surface area is 161 Å². The molecule has 0 saturated carbocycles. The van der Waals surface area contributed by atoms with Crippen LogP contribution in [-0.2, 0) is 4.37 Å². The summed E-state index contributed by atoms with van der Waals surface area (Å²) in [6, 6.07) is 0. The maximum atomic E-state index is 3.55. The van der Waals surface area contributed by atoms with Crippen LogP contribution in [-0.4, -0.2) is 19.8 Å². The van der Waals surface area contributed by atoms with Gasteiger partial charge in [0.05, 0.1) is 0 Å². The predicted molar refractivity (Wildman–Crippen MR) is 116 cm³/mol. The number of hydrogen-bond acceptors (Lipinski definition) is 0. The molecule has 0 fully saturated rings. The Kier molecular flexibility index (Phi) is 22.0. The molecule has 0 amide bonds. The second-order valence-electron chi connectivity index (χ2n) is 8.03. The first-order valence-electron chi connectivity index (χ1n) is 12.0. The van der Waals surface area contributed by atoms with Gasteiger partial charge >= 0.3 is 0 Å². The van der Waals surface area contributed by atoms with Crippen molar-refractivity contribution in [2.24, 2.45) is 0 Å². The van der Waals surface area contributed by atoms with Crippen molar-refractivity contribution in [2.75, 3.05) is 19.8 Å². The average molecular weight is 356 g/mol. The Bertz CT molecular complexity index is 218. The molecule has 0 saturated heterocycles. The molecule has 0 unspecified atom stereocenters. The molecular weight excluding hydrogens is 304 g/mol. The molecule has 0 spiro atoms. The van der Waals surface area contributed by atoms with Gasteiger partial charge in [-0.2, -0.15) is 0 Å². The van der Waals surface area contributed by atoms with E-state index >= 15 is 0 Å². The van der Waals surface area contributed by atoms with Crippen molar-refractivity contribution in [3.63, 3.8) is 0 Å². The number of unbranched alkanes of at least 4 members (excludes halogenated alkanes) is 15. The van der Waals surface area contributed by atoms with Crippen LogP contribution >= 0.6 is 0 Å². The summed E-state index contributed by atoms with van der Waals surface area (Å²) in [5.41, 5.74) is 0. The van der Waals surface area contributed by atoms with Crippen LogP contribution < -0.4 is 0 Å². The summed E-state index contributed by atoms with van der Waals surface area (Å²) >= 11 is 0. The van der Waals surface area contributed by atoms with Crippen LogP contribution in [0.2, 0.25) is 0 Å². The molecule has 0 aromatic rings. The third-order valence-corrected chi connectivity index (χ3v) is 5.36. The van der Waals surface area contributed by atoms with Gasteiger partial charge in [0.25, 0.3) is 0 Å². The van der Waals surface area contributed by atoms with E-state index in [4.69, 9.17) is 0 Å². The zero-order valence-electron chi connectivity index (χ0n) is 18.3. The SMILES string of the molecule is CCCCCCCCCCCCCCCC[O+](CCCC)CCCC. The summed E-state index contributed by atoms with van der Waals surface area (Å²) in [6.07, 6.45) is 25.6. The predicted octanol–water partition coefficient (Wildman–Crippen LogP) is 8.62. The van der Waals surface area contributed by atoms with Gasteiger partial charge in [0, 0.05) is 19.3 Å². The summed E-state index contributed by atoms with van der Waals surface area (Å²) in [5, 5.41) is 0. The second kappa shape index (κ2) is 22.0. The van der Waals surface area contributed by atoms with Gasteiger partial charge in [-0.3, -0.25) is 0 Å². The maximum Gasteiger partial charge on any atom is 0.145 e. The number of hydrogen-bond donors (Lipinski definition) is 0. The van der Waals surface area contributed by atoms with Gasteiger partial charge < -0.3 is 4.37 Å². The fourth-order valence-electron chi connectivity index (χ4n) is 3.50. The Morgan fingerprint density at radius 3 is 0.960 bits per heavy atom. The highest BCUT2D eigenvalue weighted by Gasteiger charge is 2.08. The summed E-state index contributed by atoms with van der Waals surface area (Å²) in [6.45, 7) is 10.6. The maximum absolute atomic E-state index is 3.55. The van der Waals surface area contributed by atoms with Crippen LogP contribution in [0.15, 0.2) is 0 Å². The van der Waals surface area contributed by atoms with Crippen molar-refractivity contribution >= 4 is 0 Å². The molecule has 0 aliphatic carbocycles. The van der Waals surface area contributed by atoms with Crippen LogP contribution in [0.5, 0.6) is 0 Å². The van der Waals surface area contributed by atoms with E-state index in [1.807, 2.05) is 0 Å². The van der Waals surface area contributed by atoms with Crippen molar-refractivity contribution in [2.45, 2.75) is 136 Å². The molecule has 0 aromatic heterocycles. The molecule has 0 aliphatic heterocycles.